The van der Waals surface area contributed by atoms with E-state index in [0.717, 1.165) is 22.6 Å². The second kappa shape index (κ2) is 4.59. The molecule has 1 atom stereocenters. The van der Waals surface area contributed by atoms with Crippen molar-refractivity contribution in [3.8, 4) is 5.75 Å². The lowest BCUT2D eigenvalue weighted by Crippen LogP contribution is -2.13. The van der Waals surface area contributed by atoms with Gasteiger partial charge in [-0.05, 0) is 41.5 Å². The van der Waals surface area contributed by atoms with Crippen LogP contribution in [-0.2, 0) is 4.79 Å². The smallest absolute Gasteiger partial charge is 0.236 e. The monoisotopic (exact) mass is 273 g/mol. The van der Waals surface area contributed by atoms with Crippen molar-refractivity contribution < 1.29 is 9.53 Å². The fourth-order valence-electron chi connectivity index (χ4n) is 2.36. The lowest BCUT2D eigenvalue weighted by Gasteiger charge is -2.10. The van der Waals surface area contributed by atoms with Gasteiger partial charge in [0.2, 0.25) is 5.91 Å². The molecule has 19 heavy (non-hydrogen) atoms. The van der Waals surface area contributed by atoms with Crippen LogP contribution in [0.1, 0.15) is 17.0 Å². The number of nitrogens with one attached hydrogen (secondary N) is 1. The van der Waals surface area contributed by atoms with Crippen LogP contribution < -0.4 is 10.1 Å². The van der Waals surface area contributed by atoms with Crippen LogP contribution in [0.3, 0.4) is 0 Å². The lowest BCUT2D eigenvalue weighted by atomic mass is 9.92. The van der Waals surface area contributed by atoms with Crippen molar-refractivity contribution in [2.75, 3.05) is 12.4 Å². The van der Waals surface area contributed by atoms with Gasteiger partial charge in [0.15, 0.2) is 0 Å². The Kier molecular flexibility index (Phi) is 2.91. The summed E-state index contributed by atoms with van der Waals surface area (Å²) in [6.07, 6.45) is 0. The molecule has 0 saturated heterocycles. The molecule has 1 unspecified atom stereocenters. The van der Waals surface area contributed by atoms with E-state index in [4.69, 9.17) is 16.3 Å². The summed E-state index contributed by atoms with van der Waals surface area (Å²) in [6, 6.07) is 13.0. The predicted octanol–water partition coefficient (Wildman–Crippen LogP) is 3.43. The molecule has 4 heteroatoms. The number of amides is 1. The van der Waals surface area contributed by atoms with Crippen LogP contribution in [0.4, 0.5) is 5.69 Å². The molecule has 0 bridgehead atoms. The predicted molar refractivity (Wildman–Crippen MR) is 74.9 cm³/mol. The molecule has 1 amide bonds. The molecule has 0 aromatic heterocycles. The van der Waals surface area contributed by atoms with Crippen LogP contribution in [0.2, 0.25) is 5.02 Å². The van der Waals surface area contributed by atoms with E-state index in [1.165, 1.54) is 0 Å². The van der Waals surface area contributed by atoms with Crippen LogP contribution in [0.25, 0.3) is 0 Å². The van der Waals surface area contributed by atoms with E-state index >= 15 is 0 Å². The molecule has 0 fully saturated rings. The molecule has 1 N–H and O–H groups in total. The SMILES string of the molecule is COc1ccc(C2C(=O)Nc3ccc(Cl)cc32)cc1. The summed E-state index contributed by atoms with van der Waals surface area (Å²) in [5.74, 6) is 0.440. The quantitative estimate of drug-likeness (QED) is 0.910. The van der Waals surface area contributed by atoms with E-state index in [0.29, 0.717) is 5.02 Å². The number of hydrogen-bond acceptors (Lipinski definition) is 2. The summed E-state index contributed by atoms with van der Waals surface area (Å²) in [5, 5.41) is 3.51. The summed E-state index contributed by atoms with van der Waals surface area (Å²) in [5.41, 5.74) is 2.68. The maximum absolute atomic E-state index is 12.1. The highest BCUT2D eigenvalue weighted by Gasteiger charge is 2.31. The van der Waals surface area contributed by atoms with Gasteiger partial charge >= 0.3 is 0 Å². The average molecular weight is 274 g/mol. The second-order valence-corrected chi connectivity index (χ2v) is 4.86. The first-order valence-electron chi connectivity index (χ1n) is 5.93. The van der Waals surface area contributed by atoms with Gasteiger partial charge in [0.05, 0.1) is 13.0 Å². The molecule has 3 nitrogen and oxygen atoms in total. The standard InChI is InChI=1S/C15H12ClNO2/c1-19-11-5-2-9(3-6-11)14-12-8-10(16)4-7-13(12)17-15(14)18/h2-8,14H,1H3,(H,17,18). The Morgan fingerprint density at radius 2 is 1.89 bits per heavy atom. The van der Waals surface area contributed by atoms with Crippen molar-refractivity contribution in [1.29, 1.82) is 0 Å². The molecule has 2 aromatic rings. The number of carbonyl (C=O) groups is 1. The fraction of sp³-hybridized carbons (Fsp3) is 0.133. The van der Waals surface area contributed by atoms with Crippen molar-refractivity contribution in [3.05, 3.63) is 58.6 Å². The van der Waals surface area contributed by atoms with E-state index in [-0.39, 0.29) is 11.8 Å². The lowest BCUT2D eigenvalue weighted by molar-refractivity contribution is -0.116. The van der Waals surface area contributed by atoms with E-state index in [1.54, 1.807) is 13.2 Å². The number of hydrogen-bond donors (Lipinski definition) is 1. The number of rotatable bonds is 2. The third-order valence-corrected chi connectivity index (χ3v) is 3.53. The van der Waals surface area contributed by atoms with Crippen molar-refractivity contribution in [2.45, 2.75) is 5.92 Å². The molecular formula is C15H12ClNO2. The van der Waals surface area contributed by atoms with Gasteiger partial charge in [-0.1, -0.05) is 23.7 Å². The van der Waals surface area contributed by atoms with Gasteiger partial charge in [-0.3, -0.25) is 4.79 Å². The zero-order valence-electron chi connectivity index (χ0n) is 10.3. The van der Waals surface area contributed by atoms with Gasteiger partial charge in [-0.25, -0.2) is 0 Å². The molecule has 0 aliphatic carbocycles. The summed E-state index contributed by atoms with van der Waals surface area (Å²) >= 11 is 6.01. The summed E-state index contributed by atoms with van der Waals surface area (Å²) < 4.78 is 5.13. The number of methoxy groups -OCH3 is 1. The number of halogens is 1. The van der Waals surface area contributed by atoms with Gasteiger partial charge < -0.3 is 10.1 Å². The van der Waals surface area contributed by atoms with Crippen LogP contribution in [0.15, 0.2) is 42.5 Å². The topological polar surface area (TPSA) is 38.3 Å². The highest BCUT2D eigenvalue weighted by atomic mass is 35.5. The van der Waals surface area contributed by atoms with Gasteiger partial charge in [-0.2, -0.15) is 0 Å². The van der Waals surface area contributed by atoms with Crippen LogP contribution in [0, 0.1) is 0 Å². The Bertz CT molecular complexity index is 637. The molecule has 0 radical (unpaired) electrons. The zero-order chi connectivity index (χ0) is 13.4. The van der Waals surface area contributed by atoms with Crippen LogP contribution in [-0.4, -0.2) is 13.0 Å². The minimum Gasteiger partial charge on any atom is -0.497 e. The summed E-state index contributed by atoms with van der Waals surface area (Å²) in [6.45, 7) is 0. The Morgan fingerprint density at radius 1 is 1.16 bits per heavy atom. The number of carbonyl (C=O) groups excluding carboxylic acids is 1. The fourth-order valence-corrected chi connectivity index (χ4v) is 2.54. The summed E-state index contributed by atoms with van der Waals surface area (Å²) in [4.78, 5) is 12.1. The van der Waals surface area contributed by atoms with E-state index < -0.39 is 0 Å². The molecule has 1 aliphatic heterocycles. The number of ether oxygens (including phenoxy) is 1. The molecule has 1 heterocycles. The van der Waals surface area contributed by atoms with Crippen molar-refractivity contribution in [1.82, 2.24) is 0 Å². The van der Waals surface area contributed by atoms with Gasteiger partial charge in [0.1, 0.15) is 5.75 Å². The minimum atomic E-state index is -0.306. The van der Waals surface area contributed by atoms with Crippen molar-refractivity contribution in [3.63, 3.8) is 0 Å². The van der Waals surface area contributed by atoms with Gasteiger partial charge in [0.25, 0.3) is 0 Å². The first-order valence-corrected chi connectivity index (χ1v) is 6.31. The number of fused-ring (bicyclic) bond motifs is 1. The molecule has 0 saturated carbocycles. The molecule has 96 valence electrons. The van der Waals surface area contributed by atoms with Gasteiger partial charge in [0, 0.05) is 10.7 Å². The van der Waals surface area contributed by atoms with E-state index in [9.17, 15) is 4.79 Å². The Labute approximate surface area is 116 Å². The molecular weight excluding hydrogens is 262 g/mol. The Hall–Kier alpha value is -2.00. The normalized spacial score (nSPS) is 16.9. The molecule has 3 rings (SSSR count). The Morgan fingerprint density at radius 3 is 2.58 bits per heavy atom. The maximum Gasteiger partial charge on any atom is 0.236 e. The molecule has 0 spiro atoms. The van der Waals surface area contributed by atoms with E-state index in [2.05, 4.69) is 5.32 Å². The van der Waals surface area contributed by atoms with Crippen LogP contribution >= 0.6 is 11.6 Å². The Balaban J connectivity index is 2.05. The second-order valence-electron chi connectivity index (χ2n) is 4.43. The third-order valence-electron chi connectivity index (χ3n) is 3.29. The first-order chi connectivity index (χ1) is 9.19. The number of anilines is 1. The van der Waals surface area contributed by atoms with Crippen LogP contribution in [0.5, 0.6) is 5.75 Å². The van der Waals surface area contributed by atoms with Crippen molar-refractivity contribution in [2.24, 2.45) is 0 Å². The average Bonchev–Trinajstić information content (AvgIpc) is 2.74. The number of benzene rings is 2. The largest absolute Gasteiger partial charge is 0.497 e. The van der Waals surface area contributed by atoms with Gasteiger partial charge in [-0.15, -0.1) is 0 Å². The zero-order valence-corrected chi connectivity index (χ0v) is 11.1. The third kappa shape index (κ3) is 2.06. The van der Waals surface area contributed by atoms with Crippen molar-refractivity contribution >= 4 is 23.2 Å². The maximum atomic E-state index is 12.1. The van der Waals surface area contributed by atoms with E-state index in [1.807, 2.05) is 36.4 Å². The minimum absolute atomic E-state index is 0.0255. The highest BCUT2D eigenvalue weighted by molar-refractivity contribution is 6.31. The first kappa shape index (κ1) is 12.1. The summed E-state index contributed by atoms with van der Waals surface area (Å²) in [7, 11) is 1.62. The highest BCUT2D eigenvalue weighted by Crippen LogP contribution is 2.38. The molecule has 1 aliphatic rings. The molecule has 2 aromatic carbocycles.